The molecule has 0 spiro atoms. The van der Waals surface area contributed by atoms with E-state index in [4.69, 9.17) is 10.2 Å². The van der Waals surface area contributed by atoms with E-state index < -0.39 is 17.9 Å². The van der Waals surface area contributed by atoms with Crippen LogP contribution in [0, 0.1) is 12.1 Å². The molecule has 1 aromatic carbocycles. The highest BCUT2D eigenvalue weighted by Crippen LogP contribution is 2.06. The van der Waals surface area contributed by atoms with Crippen LogP contribution in [0.4, 0.5) is 0 Å². The number of aromatic hydroxyl groups is 1. The van der Waals surface area contributed by atoms with Crippen molar-refractivity contribution < 1.29 is 19.8 Å². The number of hydrogen-bond acceptors (Lipinski definition) is 3. The van der Waals surface area contributed by atoms with Crippen LogP contribution < -0.4 is 5.32 Å². The standard InChI is InChI=1S/C11H11NO4/c1-7(13)12-10(11(15)16)6-8-2-4-9(14)5-3-8/h2,4,10,14H,6H2,1H3,(H,12,13)(H,15,16). The maximum Gasteiger partial charge on any atom is 0.326 e. The van der Waals surface area contributed by atoms with Crippen LogP contribution >= 0.6 is 0 Å². The predicted octanol–water partition coefficient (Wildman–Crippen LogP) is 0.124. The molecule has 0 bridgehead atoms. The number of carboxylic acid groups (broad SMARTS) is 1. The Hall–Kier alpha value is -2.22. The lowest BCUT2D eigenvalue weighted by molar-refractivity contribution is -0.141. The minimum Gasteiger partial charge on any atom is -0.501 e. The number of amides is 1. The number of hydrogen-bond donors (Lipinski definition) is 3. The molecule has 1 unspecified atom stereocenters. The Morgan fingerprint density at radius 3 is 2.56 bits per heavy atom. The van der Waals surface area contributed by atoms with Crippen molar-refractivity contribution in [1.29, 1.82) is 0 Å². The predicted molar refractivity (Wildman–Crippen MR) is 54.7 cm³/mol. The van der Waals surface area contributed by atoms with E-state index in [-0.39, 0.29) is 12.2 Å². The van der Waals surface area contributed by atoms with E-state index in [1.54, 1.807) is 0 Å². The van der Waals surface area contributed by atoms with Gasteiger partial charge in [-0.1, -0.05) is 6.07 Å². The lowest BCUT2D eigenvalue weighted by Crippen LogP contribution is -2.41. The van der Waals surface area contributed by atoms with E-state index in [2.05, 4.69) is 17.4 Å². The normalized spacial score (nSPS) is 11.3. The monoisotopic (exact) mass is 221 g/mol. The second-order valence-electron chi connectivity index (χ2n) is 3.29. The van der Waals surface area contributed by atoms with Crippen LogP contribution in [0.3, 0.4) is 0 Å². The van der Waals surface area contributed by atoms with Crippen LogP contribution in [0.2, 0.25) is 0 Å². The van der Waals surface area contributed by atoms with Gasteiger partial charge in [0, 0.05) is 18.9 Å². The van der Waals surface area contributed by atoms with Crippen LogP contribution in [-0.2, 0) is 16.0 Å². The molecule has 1 rings (SSSR count). The average Bonchev–Trinajstić information content (AvgIpc) is 2.19. The van der Waals surface area contributed by atoms with Gasteiger partial charge in [-0.15, -0.1) is 0 Å². The summed E-state index contributed by atoms with van der Waals surface area (Å²) in [7, 11) is 0. The third-order valence-corrected chi connectivity index (χ3v) is 1.89. The fourth-order valence-corrected chi connectivity index (χ4v) is 1.19. The summed E-state index contributed by atoms with van der Waals surface area (Å²) in [5.74, 6) is -1.58. The number of aliphatic carboxylic acids is 1. The summed E-state index contributed by atoms with van der Waals surface area (Å²) in [5.41, 5.74) is 0.555. The van der Waals surface area contributed by atoms with Gasteiger partial charge < -0.3 is 15.5 Å². The highest BCUT2D eigenvalue weighted by atomic mass is 16.4. The molecule has 0 fully saturated rings. The molecule has 0 heterocycles. The van der Waals surface area contributed by atoms with Crippen LogP contribution in [0.1, 0.15) is 12.5 Å². The SMILES string of the molecule is CC(=O)NC(Cc1c#cc(O)cc1)C(=O)O. The van der Waals surface area contributed by atoms with Crippen molar-refractivity contribution in [3.63, 3.8) is 0 Å². The Kier molecular flexibility index (Phi) is 3.72. The van der Waals surface area contributed by atoms with E-state index in [0.717, 1.165) is 0 Å². The van der Waals surface area contributed by atoms with Crippen molar-refractivity contribution in [2.75, 3.05) is 0 Å². The minimum atomic E-state index is -1.11. The maximum atomic E-state index is 10.8. The summed E-state index contributed by atoms with van der Waals surface area (Å²) in [5, 5.41) is 20.1. The van der Waals surface area contributed by atoms with Crippen LogP contribution in [0.25, 0.3) is 0 Å². The van der Waals surface area contributed by atoms with Crippen LogP contribution in [0.15, 0.2) is 12.1 Å². The Labute approximate surface area is 92.7 Å². The molecule has 1 atom stereocenters. The molecular formula is C11H11NO4. The van der Waals surface area contributed by atoms with Gasteiger partial charge in [-0.25, -0.2) is 4.79 Å². The number of carbonyl (C=O) groups excluding carboxylic acids is 1. The average molecular weight is 221 g/mol. The van der Waals surface area contributed by atoms with E-state index in [1.165, 1.54) is 19.1 Å². The molecule has 5 heteroatoms. The minimum absolute atomic E-state index is 0.0600. The van der Waals surface area contributed by atoms with Gasteiger partial charge in [0.25, 0.3) is 0 Å². The smallest absolute Gasteiger partial charge is 0.326 e. The third-order valence-electron chi connectivity index (χ3n) is 1.89. The summed E-state index contributed by atoms with van der Waals surface area (Å²) < 4.78 is 0. The highest BCUT2D eigenvalue weighted by Gasteiger charge is 2.18. The van der Waals surface area contributed by atoms with E-state index in [0.29, 0.717) is 5.56 Å². The van der Waals surface area contributed by atoms with Crippen LogP contribution in [0.5, 0.6) is 5.75 Å². The molecule has 5 nitrogen and oxygen atoms in total. The zero-order valence-corrected chi connectivity index (χ0v) is 8.65. The Morgan fingerprint density at radius 1 is 1.44 bits per heavy atom. The molecule has 0 radical (unpaired) electrons. The first-order valence-corrected chi connectivity index (χ1v) is 4.61. The van der Waals surface area contributed by atoms with Crippen LogP contribution in [-0.4, -0.2) is 28.1 Å². The number of carboxylic acids is 1. The molecular weight excluding hydrogens is 210 g/mol. The first-order valence-electron chi connectivity index (χ1n) is 4.61. The first kappa shape index (κ1) is 11.9. The molecule has 0 saturated carbocycles. The lowest BCUT2D eigenvalue weighted by atomic mass is 10.1. The molecule has 1 amide bonds. The second-order valence-corrected chi connectivity index (χ2v) is 3.29. The highest BCUT2D eigenvalue weighted by molar-refractivity contribution is 5.82. The zero-order valence-electron chi connectivity index (χ0n) is 8.65. The molecule has 3 N–H and O–H groups in total. The fourth-order valence-electron chi connectivity index (χ4n) is 1.19. The summed E-state index contributed by atoms with van der Waals surface area (Å²) in [6.45, 7) is 1.25. The Morgan fingerprint density at radius 2 is 2.12 bits per heavy atom. The van der Waals surface area contributed by atoms with Gasteiger partial charge in [-0.05, 0) is 18.2 Å². The van der Waals surface area contributed by atoms with Crippen molar-refractivity contribution in [2.45, 2.75) is 19.4 Å². The number of nitrogens with one attached hydrogen (secondary N) is 1. The number of carbonyl (C=O) groups is 2. The van der Waals surface area contributed by atoms with Gasteiger partial charge in [-0.3, -0.25) is 4.79 Å². The molecule has 0 aromatic heterocycles. The Balaban J connectivity index is 2.71. The van der Waals surface area contributed by atoms with Gasteiger partial charge in [0.15, 0.2) is 5.75 Å². The fraction of sp³-hybridized carbons (Fsp3) is 0.273. The maximum absolute atomic E-state index is 10.8. The third kappa shape index (κ3) is 3.50. The van der Waals surface area contributed by atoms with Gasteiger partial charge in [0.1, 0.15) is 6.04 Å². The lowest BCUT2D eigenvalue weighted by Gasteiger charge is -2.11. The summed E-state index contributed by atoms with van der Waals surface area (Å²) >= 11 is 0. The molecule has 84 valence electrons. The summed E-state index contributed by atoms with van der Waals surface area (Å²) in [4.78, 5) is 21.6. The molecule has 0 aliphatic carbocycles. The van der Waals surface area contributed by atoms with Crippen molar-refractivity contribution in [3.8, 4) is 5.75 Å². The van der Waals surface area contributed by atoms with Crippen molar-refractivity contribution in [1.82, 2.24) is 5.32 Å². The topological polar surface area (TPSA) is 86.6 Å². The Bertz CT molecular complexity index is 385. The largest absolute Gasteiger partial charge is 0.501 e. The van der Waals surface area contributed by atoms with Gasteiger partial charge in [0.05, 0.1) is 0 Å². The zero-order chi connectivity index (χ0) is 12.1. The van der Waals surface area contributed by atoms with E-state index >= 15 is 0 Å². The van der Waals surface area contributed by atoms with Crippen molar-refractivity contribution in [3.05, 3.63) is 29.8 Å². The van der Waals surface area contributed by atoms with Crippen molar-refractivity contribution in [2.24, 2.45) is 0 Å². The molecule has 1 aromatic rings. The van der Waals surface area contributed by atoms with Crippen molar-refractivity contribution >= 4 is 11.9 Å². The molecule has 0 aliphatic heterocycles. The quantitative estimate of drug-likeness (QED) is 0.674. The van der Waals surface area contributed by atoms with Gasteiger partial charge in [-0.2, -0.15) is 0 Å². The van der Waals surface area contributed by atoms with Gasteiger partial charge in [0.2, 0.25) is 5.91 Å². The van der Waals surface area contributed by atoms with Gasteiger partial charge >= 0.3 is 5.97 Å². The van der Waals surface area contributed by atoms with E-state index in [1.807, 2.05) is 0 Å². The second kappa shape index (κ2) is 5.03. The summed E-state index contributed by atoms with van der Waals surface area (Å²) in [6.07, 6.45) is 0.103. The number of rotatable bonds is 4. The molecule has 0 saturated heterocycles. The van der Waals surface area contributed by atoms with E-state index in [9.17, 15) is 9.59 Å². The first-order chi connectivity index (χ1) is 7.49. The molecule has 0 aliphatic rings. The summed E-state index contributed by atoms with van der Waals surface area (Å²) in [6, 6.07) is 6.95. The molecule has 16 heavy (non-hydrogen) atoms.